The molecular weight excluding hydrogens is 156 g/mol. The fourth-order valence-electron chi connectivity index (χ4n) is 0. The molecule has 0 saturated carbocycles. The van der Waals surface area contributed by atoms with Crippen LogP contribution in [0, 0.1) is 5.92 Å². The van der Waals surface area contributed by atoms with Crippen LogP contribution in [0.1, 0.15) is 85.6 Å². The molecule has 0 aliphatic carbocycles. The molecule has 94 valence electrons. The van der Waals surface area contributed by atoms with Gasteiger partial charge in [-0.2, -0.15) is 0 Å². The maximum Gasteiger partial charge on any atom is -0.0500 e. The smallest absolute Gasteiger partial charge is 0.0500 e. The summed E-state index contributed by atoms with van der Waals surface area (Å²) in [4.78, 5) is 0. The van der Waals surface area contributed by atoms with Crippen molar-refractivity contribution in [1.82, 2.24) is 0 Å². The number of rotatable bonds is 0. The first-order chi connectivity index (χ1) is 3.15. The van der Waals surface area contributed by atoms with Crippen LogP contribution >= 0.6 is 0 Å². The second-order valence-corrected chi connectivity index (χ2v) is 2.44. The fourth-order valence-corrected chi connectivity index (χ4v) is 0. The minimum Gasteiger partial charge on any atom is -0.0776 e. The predicted octanol–water partition coefficient (Wildman–Crippen LogP) is 6.90. The summed E-state index contributed by atoms with van der Waals surface area (Å²) < 4.78 is 0. The van der Waals surface area contributed by atoms with Crippen LogP contribution in [-0.2, 0) is 0 Å². The van der Waals surface area contributed by atoms with E-state index in [2.05, 4.69) is 34.6 Å². The van der Waals surface area contributed by atoms with Crippen LogP contribution in [-0.4, -0.2) is 0 Å². The summed E-state index contributed by atoms with van der Waals surface area (Å²) in [6.07, 6.45) is 1.25. The molecule has 0 aromatic heterocycles. The highest BCUT2D eigenvalue weighted by molar-refractivity contribution is 4.20. The molecule has 13 heavy (non-hydrogen) atoms. The Bertz CT molecular complexity index is 11.2. The van der Waals surface area contributed by atoms with Gasteiger partial charge in [0.1, 0.15) is 0 Å². The minimum atomic E-state index is 0. The van der Waals surface area contributed by atoms with Crippen molar-refractivity contribution in [3.8, 4) is 0 Å². The van der Waals surface area contributed by atoms with E-state index in [4.69, 9.17) is 0 Å². The quantitative estimate of drug-likeness (QED) is 0.397. The molecule has 0 heterocycles. The molecule has 0 nitrogen and oxygen atoms in total. The van der Waals surface area contributed by atoms with Crippen LogP contribution < -0.4 is 0 Å². The first-order valence-electron chi connectivity index (χ1n) is 3.15. The molecule has 0 heteroatoms. The average Bonchev–Trinajstić information content (AvgIpc) is 1.33. The van der Waals surface area contributed by atoms with E-state index in [1.54, 1.807) is 0 Å². The highest BCUT2D eigenvalue weighted by Gasteiger charge is 1.68. The van der Waals surface area contributed by atoms with Gasteiger partial charge in [-0.15, -0.1) is 0 Å². The van der Waals surface area contributed by atoms with Gasteiger partial charge in [-0.1, -0.05) is 85.6 Å². The standard InChI is InChI=1S/C4H10.C3H8.6CH4/c1-4(2)3;1-3-2;;;;;;/h4H,1-3H3;3H2,1-2H3;6*1H4. The summed E-state index contributed by atoms with van der Waals surface area (Å²) in [5.74, 6) is 0.833. The lowest BCUT2D eigenvalue weighted by molar-refractivity contribution is 0.737. The van der Waals surface area contributed by atoms with Crippen LogP contribution in [0.4, 0.5) is 0 Å². The molecule has 0 atom stereocenters. The molecule has 0 amide bonds. The Kier molecular flexibility index (Phi) is 523. The molecule has 0 unspecified atom stereocenters. The Balaban J connectivity index is -0.00000000444. The lowest BCUT2D eigenvalue weighted by atomic mass is 10.3. The summed E-state index contributed by atoms with van der Waals surface area (Å²) in [5, 5.41) is 0. The second-order valence-electron chi connectivity index (χ2n) is 2.44. The topological polar surface area (TPSA) is 0 Å². The molecular formula is C13H42. The van der Waals surface area contributed by atoms with Crippen molar-refractivity contribution in [2.24, 2.45) is 5.92 Å². The van der Waals surface area contributed by atoms with Gasteiger partial charge in [-0.3, -0.25) is 0 Å². The van der Waals surface area contributed by atoms with E-state index < -0.39 is 0 Å². The Morgan fingerprint density at radius 2 is 0.615 bits per heavy atom. The minimum absolute atomic E-state index is 0. The highest BCUT2D eigenvalue weighted by atomic mass is 13.7. The van der Waals surface area contributed by atoms with Crippen molar-refractivity contribution < 1.29 is 0 Å². The van der Waals surface area contributed by atoms with Crippen molar-refractivity contribution in [3.05, 3.63) is 0 Å². The third-order valence-corrected chi connectivity index (χ3v) is 0. The van der Waals surface area contributed by atoms with Crippen molar-refractivity contribution >= 4 is 0 Å². The van der Waals surface area contributed by atoms with E-state index in [1.807, 2.05) is 0 Å². The molecule has 0 aliphatic rings. The third-order valence-electron chi connectivity index (χ3n) is 0. The fraction of sp³-hybridized carbons (Fsp3) is 1.00. The van der Waals surface area contributed by atoms with Crippen LogP contribution in [0.5, 0.6) is 0 Å². The lowest BCUT2D eigenvalue weighted by Gasteiger charge is -1.79. The van der Waals surface area contributed by atoms with Gasteiger partial charge in [-0.25, -0.2) is 0 Å². The maximum atomic E-state index is 2.17. The average molecular weight is 198 g/mol. The van der Waals surface area contributed by atoms with Crippen molar-refractivity contribution in [2.75, 3.05) is 0 Å². The Morgan fingerprint density at radius 1 is 0.615 bits per heavy atom. The maximum absolute atomic E-state index is 2.17. The molecule has 0 saturated heterocycles. The highest BCUT2D eigenvalue weighted by Crippen LogP contribution is 1.81. The van der Waals surface area contributed by atoms with E-state index >= 15 is 0 Å². The summed E-state index contributed by atoms with van der Waals surface area (Å²) in [5.41, 5.74) is 0. The van der Waals surface area contributed by atoms with Gasteiger partial charge in [0.25, 0.3) is 0 Å². The van der Waals surface area contributed by atoms with Gasteiger partial charge >= 0.3 is 0 Å². The largest absolute Gasteiger partial charge is 0.0776 e. The molecule has 0 aromatic rings. The molecule has 0 N–H and O–H groups in total. The predicted molar refractivity (Wildman–Crippen MR) is 76.9 cm³/mol. The van der Waals surface area contributed by atoms with Crippen LogP contribution in [0.2, 0.25) is 0 Å². The Hall–Kier alpha value is 0. The number of hydrogen-bond donors (Lipinski definition) is 0. The van der Waals surface area contributed by atoms with E-state index in [1.165, 1.54) is 6.42 Å². The summed E-state index contributed by atoms with van der Waals surface area (Å²) >= 11 is 0. The Morgan fingerprint density at radius 3 is 0.615 bits per heavy atom. The molecule has 0 spiro atoms. The van der Waals surface area contributed by atoms with E-state index in [9.17, 15) is 0 Å². The first kappa shape index (κ1) is 74.9. The van der Waals surface area contributed by atoms with Crippen LogP contribution in [0.25, 0.3) is 0 Å². The first-order valence-corrected chi connectivity index (χ1v) is 3.15. The van der Waals surface area contributed by atoms with Crippen molar-refractivity contribution in [1.29, 1.82) is 0 Å². The Labute approximate surface area is 92.2 Å². The van der Waals surface area contributed by atoms with Crippen molar-refractivity contribution in [2.45, 2.75) is 85.6 Å². The SMILES string of the molecule is C.C.C.C.C.C.CC(C)C.CCC. The molecule has 0 bridgehead atoms. The monoisotopic (exact) mass is 198 g/mol. The van der Waals surface area contributed by atoms with Gasteiger partial charge in [0, 0.05) is 0 Å². The summed E-state index contributed by atoms with van der Waals surface area (Å²) in [6, 6.07) is 0. The van der Waals surface area contributed by atoms with Crippen LogP contribution in [0.3, 0.4) is 0 Å². The van der Waals surface area contributed by atoms with E-state index in [-0.39, 0.29) is 44.6 Å². The summed E-state index contributed by atoms with van der Waals surface area (Å²) in [6.45, 7) is 10.8. The van der Waals surface area contributed by atoms with Gasteiger partial charge in [0.05, 0.1) is 0 Å². The second kappa shape index (κ2) is 90.8. The molecule has 0 radical (unpaired) electrons. The number of hydrogen-bond acceptors (Lipinski definition) is 0. The zero-order valence-corrected chi connectivity index (χ0v) is 6.28. The molecule has 0 aromatic carbocycles. The van der Waals surface area contributed by atoms with Gasteiger partial charge in [0.2, 0.25) is 0 Å². The van der Waals surface area contributed by atoms with Crippen LogP contribution in [0.15, 0.2) is 0 Å². The van der Waals surface area contributed by atoms with Gasteiger partial charge < -0.3 is 0 Å². The molecule has 0 fully saturated rings. The van der Waals surface area contributed by atoms with Gasteiger partial charge in [0.15, 0.2) is 0 Å². The lowest BCUT2D eigenvalue weighted by Crippen LogP contribution is -1.66. The van der Waals surface area contributed by atoms with Gasteiger partial charge in [-0.05, 0) is 5.92 Å². The van der Waals surface area contributed by atoms with E-state index in [0.29, 0.717) is 0 Å². The van der Waals surface area contributed by atoms with E-state index in [0.717, 1.165) is 5.92 Å². The third kappa shape index (κ3) is 0. The molecule has 0 rings (SSSR count). The zero-order chi connectivity index (χ0) is 6.28. The summed E-state index contributed by atoms with van der Waals surface area (Å²) in [7, 11) is 0. The zero-order valence-electron chi connectivity index (χ0n) is 6.28. The van der Waals surface area contributed by atoms with Crippen molar-refractivity contribution in [3.63, 3.8) is 0 Å². The molecule has 0 aliphatic heterocycles. The normalized spacial score (nSPS) is 4.15.